The second-order valence-electron chi connectivity index (χ2n) is 4.89. The van der Waals surface area contributed by atoms with E-state index in [1.54, 1.807) is 12.1 Å². The van der Waals surface area contributed by atoms with Gasteiger partial charge in [-0.1, -0.05) is 12.1 Å². The molecule has 0 unspecified atom stereocenters. The number of carbonyl (C=O) groups is 1. The fourth-order valence-corrected chi connectivity index (χ4v) is 2.62. The van der Waals surface area contributed by atoms with E-state index in [1.807, 2.05) is 0 Å². The molecule has 23 heavy (non-hydrogen) atoms. The van der Waals surface area contributed by atoms with E-state index in [-0.39, 0.29) is 22.6 Å². The lowest BCUT2D eigenvalue weighted by atomic mass is 10.0. The highest BCUT2D eigenvalue weighted by Crippen LogP contribution is 2.47. The summed E-state index contributed by atoms with van der Waals surface area (Å²) in [4.78, 5) is 22.0. The molecule has 0 aromatic heterocycles. The van der Waals surface area contributed by atoms with Gasteiger partial charge in [-0.05, 0) is 29.8 Å². The molecule has 0 radical (unpaired) electrons. The van der Waals surface area contributed by atoms with Crippen molar-refractivity contribution in [3.63, 3.8) is 0 Å². The van der Waals surface area contributed by atoms with Crippen LogP contribution in [0.2, 0.25) is 0 Å². The van der Waals surface area contributed by atoms with Gasteiger partial charge in [0, 0.05) is 5.56 Å². The van der Waals surface area contributed by atoms with Crippen LogP contribution in [0, 0.1) is 15.9 Å². The van der Waals surface area contributed by atoms with Gasteiger partial charge < -0.3 is 9.52 Å². The molecule has 2 aliphatic rings. The summed E-state index contributed by atoms with van der Waals surface area (Å²) in [5.41, 5.74) is 0.732. The summed E-state index contributed by atoms with van der Waals surface area (Å²) in [5.74, 6) is -1.52. The Morgan fingerprint density at radius 1 is 1.26 bits per heavy atom. The molecule has 0 atom stereocenters. The van der Waals surface area contributed by atoms with Gasteiger partial charge in [-0.2, -0.15) is 0 Å². The number of hydrogen-bond acceptors (Lipinski definition) is 4. The van der Waals surface area contributed by atoms with Crippen LogP contribution in [0.3, 0.4) is 0 Å². The van der Waals surface area contributed by atoms with E-state index in [1.165, 1.54) is 30.5 Å². The average molecular weight is 315 g/mol. The first-order valence-electron chi connectivity index (χ1n) is 6.63. The Bertz CT molecular complexity index is 869. The van der Waals surface area contributed by atoms with E-state index in [0.717, 1.165) is 0 Å². The number of benzene rings is 1. The molecule has 0 fully saturated rings. The van der Waals surface area contributed by atoms with Gasteiger partial charge in [-0.25, -0.2) is 4.39 Å². The van der Waals surface area contributed by atoms with Crippen molar-refractivity contribution in [1.29, 1.82) is 0 Å². The molecule has 0 spiro atoms. The minimum absolute atomic E-state index is 0.00238. The fourth-order valence-electron chi connectivity index (χ4n) is 2.62. The minimum Gasteiger partial charge on any atom is -0.481 e. The standard InChI is InChI=1S/C16H10FNO5/c17-10-5-3-9(4-6-10)14-11-2-1-7-23-16(11)12(8-13(19)20)15(14)18(21)22/h1-7H,8H2,(H,19,20). The Balaban J connectivity index is 2.36. The maximum Gasteiger partial charge on any atom is 0.308 e. The topological polar surface area (TPSA) is 93.6 Å². The highest BCUT2D eigenvalue weighted by atomic mass is 19.1. The molecule has 3 rings (SSSR count). The highest BCUT2D eigenvalue weighted by Gasteiger charge is 2.34. The number of nitrogens with zero attached hydrogens (tertiary/aromatic N) is 1. The monoisotopic (exact) mass is 315 g/mol. The zero-order valence-electron chi connectivity index (χ0n) is 11.7. The average Bonchev–Trinajstić information content (AvgIpc) is 2.82. The number of hydrogen-bond donors (Lipinski definition) is 1. The Kier molecular flexibility index (Phi) is 3.53. The predicted octanol–water partition coefficient (Wildman–Crippen LogP) is 3.73. The first-order chi connectivity index (χ1) is 11.0. The molecule has 6 nitrogen and oxygen atoms in total. The number of carboxylic acid groups (broad SMARTS) is 1. The largest absolute Gasteiger partial charge is 0.481 e. The molecule has 1 aliphatic carbocycles. The van der Waals surface area contributed by atoms with E-state index in [4.69, 9.17) is 9.52 Å². The van der Waals surface area contributed by atoms with Crippen LogP contribution in [-0.4, -0.2) is 16.0 Å². The fraction of sp³-hybridized carbons (Fsp3) is 0.0625. The summed E-state index contributed by atoms with van der Waals surface area (Å²) in [7, 11) is 0. The Morgan fingerprint density at radius 3 is 2.57 bits per heavy atom. The normalized spacial score (nSPS) is 10.8. The number of fused-ring (bicyclic) bond motifs is 1. The molecule has 1 N–H and O–H groups in total. The maximum absolute atomic E-state index is 13.1. The molecule has 0 saturated heterocycles. The Morgan fingerprint density at radius 2 is 1.96 bits per heavy atom. The molecule has 1 heterocycles. The number of halogens is 1. The third-order valence-corrected chi connectivity index (χ3v) is 3.48. The van der Waals surface area contributed by atoms with Gasteiger partial charge in [0.1, 0.15) is 11.6 Å². The number of carboxylic acids is 1. The van der Waals surface area contributed by atoms with Gasteiger partial charge in [-0.3, -0.25) is 14.9 Å². The number of aliphatic carboxylic acids is 1. The molecule has 1 aliphatic heterocycles. The maximum atomic E-state index is 13.1. The molecule has 0 bridgehead atoms. The van der Waals surface area contributed by atoms with Crippen molar-refractivity contribution in [3.8, 4) is 22.5 Å². The minimum atomic E-state index is -1.20. The molecule has 116 valence electrons. The van der Waals surface area contributed by atoms with Gasteiger partial charge in [-0.15, -0.1) is 0 Å². The quantitative estimate of drug-likeness (QED) is 0.585. The van der Waals surface area contributed by atoms with Crippen LogP contribution in [0.25, 0.3) is 22.5 Å². The lowest BCUT2D eigenvalue weighted by Crippen LogP contribution is -2.02. The summed E-state index contributed by atoms with van der Waals surface area (Å²) >= 11 is 0. The zero-order valence-corrected chi connectivity index (χ0v) is 11.7. The summed E-state index contributed by atoms with van der Waals surface area (Å²) < 4.78 is 18.4. The van der Waals surface area contributed by atoms with Gasteiger partial charge in [0.05, 0.1) is 28.7 Å². The summed E-state index contributed by atoms with van der Waals surface area (Å²) in [6, 6.07) is 8.37. The van der Waals surface area contributed by atoms with Gasteiger partial charge >= 0.3 is 5.97 Å². The van der Waals surface area contributed by atoms with E-state index >= 15 is 0 Å². The smallest absolute Gasteiger partial charge is 0.308 e. The highest BCUT2D eigenvalue weighted by molar-refractivity contribution is 5.97. The third-order valence-electron chi connectivity index (χ3n) is 3.48. The van der Waals surface area contributed by atoms with Crippen LogP contribution >= 0.6 is 0 Å². The van der Waals surface area contributed by atoms with Crippen LogP contribution < -0.4 is 0 Å². The van der Waals surface area contributed by atoms with E-state index in [0.29, 0.717) is 11.1 Å². The molecule has 0 saturated carbocycles. The van der Waals surface area contributed by atoms with Crippen molar-refractivity contribution in [2.24, 2.45) is 0 Å². The number of rotatable bonds is 4. The van der Waals surface area contributed by atoms with Crippen molar-refractivity contribution in [1.82, 2.24) is 0 Å². The van der Waals surface area contributed by atoms with Crippen molar-refractivity contribution >= 4 is 11.7 Å². The van der Waals surface area contributed by atoms with Crippen molar-refractivity contribution in [2.45, 2.75) is 6.42 Å². The molecular formula is C16H10FNO5. The second-order valence-corrected chi connectivity index (χ2v) is 4.89. The van der Waals surface area contributed by atoms with Crippen LogP contribution in [0.1, 0.15) is 5.56 Å². The van der Waals surface area contributed by atoms with Crippen LogP contribution in [0.4, 0.5) is 10.1 Å². The van der Waals surface area contributed by atoms with E-state index in [2.05, 4.69) is 0 Å². The third kappa shape index (κ3) is 2.52. The zero-order chi connectivity index (χ0) is 16.6. The SMILES string of the molecule is O=C(O)Cc1c2occcc-2c(-c2ccc(F)cc2)c1[N+](=O)[O-]. The first-order valence-corrected chi connectivity index (χ1v) is 6.63. The van der Waals surface area contributed by atoms with Crippen molar-refractivity contribution < 1.29 is 23.6 Å². The molecule has 0 amide bonds. The van der Waals surface area contributed by atoms with Crippen molar-refractivity contribution in [3.05, 3.63) is 64.2 Å². The van der Waals surface area contributed by atoms with Gasteiger partial charge in [0.25, 0.3) is 5.69 Å². The van der Waals surface area contributed by atoms with Crippen LogP contribution in [-0.2, 0) is 11.2 Å². The summed E-state index contributed by atoms with van der Waals surface area (Å²) in [6.07, 6.45) is 0.785. The lowest BCUT2D eigenvalue weighted by Gasteiger charge is -2.02. The van der Waals surface area contributed by atoms with Crippen LogP contribution in [0.5, 0.6) is 0 Å². The summed E-state index contributed by atoms with van der Waals surface area (Å²) in [5, 5.41) is 20.6. The van der Waals surface area contributed by atoms with E-state index < -0.39 is 23.1 Å². The second kappa shape index (κ2) is 5.53. The van der Waals surface area contributed by atoms with Gasteiger partial charge in [0.15, 0.2) is 0 Å². The Hall–Kier alpha value is -3.22. The molecule has 1 aromatic rings. The summed E-state index contributed by atoms with van der Waals surface area (Å²) in [6.45, 7) is 0. The Labute approximate surface area is 129 Å². The first kappa shape index (κ1) is 14.7. The van der Waals surface area contributed by atoms with Crippen LogP contribution in [0.15, 0.2) is 47.1 Å². The lowest BCUT2D eigenvalue weighted by molar-refractivity contribution is -0.384. The van der Waals surface area contributed by atoms with Crippen molar-refractivity contribution in [2.75, 3.05) is 0 Å². The molecule has 7 heteroatoms. The van der Waals surface area contributed by atoms with Gasteiger partial charge in [0.2, 0.25) is 0 Å². The number of nitro groups is 1. The molecular weight excluding hydrogens is 305 g/mol. The molecule has 1 aromatic carbocycles. The van der Waals surface area contributed by atoms with E-state index in [9.17, 15) is 19.3 Å². The predicted molar refractivity (Wildman–Crippen MR) is 78.7 cm³/mol.